The number of ketones is 1. The number of benzene rings is 2. The second-order valence-corrected chi connectivity index (χ2v) is 7.53. The van der Waals surface area contributed by atoms with Gasteiger partial charge in [0.1, 0.15) is 11.8 Å². The summed E-state index contributed by atoms with van der Waals surface area (Å²) in [7, 11) is 2.28. The number of carbonyl (C=O) groups is 3. The SMILES string of the molecule is COC(=O)[C@H]1C(=O)[C@H](C(=O)OC)[C@H]2c3ccccc3[C@H]1C2(c1ccccc1)[NH+]([O-])O. The fourth-order valence-corrected chi connectivity index (χ4v) is 5.39. The normalized spacial score (nSPS) is 30.3. The first kappa shape index (κ1) is 20.2. The molecule has 2 aromatic rings. The van der Waals surface area contributed by atoms with Crippen LogP contribution < -0.4 is 5.23 Å². The maximum atomic E-state index is 13.4. The lowest BCUT2D eigenvalue weighted by atomic mass is 9.57. The van der Waals surface area contributed by atoms with Crippen molar-refractivity contribution in [3.05, 3.63) is 76.5 Å². The maximum Gasteiger partial charge on any atom is 0.317 e. The highest BCUT2D eigenvalue weighted by Crippen LogP contribution is 2.63. The van der Waals surface area contributed by atoms with E-state index in [1.807, 2.05) is 0 Å². The maximum absolute atomic E-state index is 13.4. The van der Waals surface area contributed by atoms with E-state index in [4.69, 9.17) is 9.47 Å². The summed E-state index contributed by atoms with van der Waals surface area (Å²) < 4.78 is 9.78. The smallest absolute Gasteiger partial charge is 0.317 e. The summed E-state index contributed by atoms with van der Waals surface area (Å²) in [6, 6.07) is 15.3. The minimum Gasteiger partial charge on any atom is -0.599 e. The highest BCUT2D eigenvalue weighted by molar-refractivity contribution is 6.11. The van der Waals surface area contributed by atoms with Gasteiger partial charge in [-0.2, -0.15) is 0 Å². The fraction of sp³-hybridized carbons (Fsp3) is 0.318. The zero-order valence-corrected chi connectivity index (χ0v) is 16.4. The molecule has 2 aliphatic carbocycles. The molecule has 0 aromatic heterocycles. The molecule has 8 heteroatoms. The van der Waals surface area contributed by atoms with Gasteiger partial charge >= 0.3 is 11.9 Å². The van der Waals surface area contributed by atoms with E-state index >= 15 is 0 Å². The van der Waals surface area contributed by atoms with E-state index in [-0.39, 0.29) is 0 Å². The first-order valence-corrected chi connectivity index (χ1v) is 9.48. The molecule has 2 bridgehead atoms. The van der Waals surface area contributed by atoms with Crippen LogP contribution in [0.4, 0.5) is 0 Å². The van der Waals surface area contributed by atoms with Crippen LogP contribution in [0.3, 0.4) is 0 Å². The molecule has 1 fully saturated rings. The topological polar surface area (TPSA) is 117 Å². The van der Waals surface area contributed by atoms with Crippen molar-refractivity contribution in [2.45, 2.75) is 17.4 Å². The van der Waals surface area contributed by atoms with Crippen LogP contribution >= 0.6 is 0 Å². The van der Waals surface area contributed by atoms with Crippen LogP contribution in [0.25, 0.3) is 0 Å². The Morgan fingerprint density at radius 2 is 1.33 bits per heavy atom. The predicted octanol–water partition coefficient (Wildman–Crippen LogP) is 0.696. The molecule has 0 spiro atoms. The molecule has 0 saturated heterocycles. The Morgan fingerprint density at radius 3 is 1.73 bits per heavy atom. The Bertz CT molecular complexity index is 951. The summed E-state index contributed by atoms with van der Waals surface area (Å²) in [6.07, 6.45) is 0. The molecule has 2 N–H and O–H groups in total. The lowest BCUT2D eigenvalue weighted by molar-refractivity contribution is -1.10. The predicted molar refractivity (Wildman–Crippen MR) is 102 cm³/mol. The van der Waals surface area contributed by atoms with E-state index in [1.165, 1.54) is 0 Å². The van der Waals surface area contributed by atoms with Crippen molar-refractivity contribution in [1.29, 1.82) is 0 Å². The lowest BCUT2D eigenvalue weighted by Crippen LogP contribution is -3.14. The highest BCUT2D eigenvalue weighted by atomic mass is 16.8. The van der Waals surface area contributed by atoms with Crippen LogP contribution in [0.1, 0.15) is 28.5 Å². The number of methoxy groups -OCH3 is 2. The zero-order valence-electron chi connectivity index (χ0n) is 16.4. The quantitative estimate of drug-likeness (QED) is 0.432. The van der Waals surface area contributed by atoms with Crippen molar-refractivity contribution >= 4 is 17.7 Å². The summed E-state index contributed by atoms with van der Waals surface area (Å²) >= 11 is 0. The van der Waals surface area contributed by atoms with Crippen LogP contribution in [-0.4, -0.2) is 37.1 Å². The lowest BCUT2D eigenvalue weighted by Gasteiger charge is -2.50. The van der Waals surface area contributed by atoms with Crippen LogP contribution in [0.5, 0.6) is 0 Å². The molecule has 0 aliphatic heterocycles. The van der Waals surface area contributed by atoms with Gasteiger partial charge in [0.05, 0.1) is 26.1 Å². The number of quaternary nitrogens is 1. The van der Waals surface area contributed by atoms with Crippen molar-refractivity contribution in [1.82, 2.24) is 0 Å². The number of Topliss-reactive ketones (excluding diaryl/α,β-unsaturated/α-hetero) is 1. The number of ether oxygens (including phenoxy) is 2. The molecule has 5 atom stereocenters. The Morgan fingerprint density at radius 1 is 0.900 bits per heavy atom. The van der Waals surface area contributed by atoms with Gasteiger partial charge in [0.25, 0.3) is 0 Å². The van der Waals surface area contributed by atoms with Crippen molar-refractivity contribution in [3.8, 4) is 0 Å². The van der Waals surface area contributed by atoms with Gasteiger partial charge in [-0.05, 0) is 11.1 Å². The average molecular weight is 411 g/mol. The minimum atomic E-state index is -1.71. The van der Waals surface area contributed by atoms with Crippen molar-refractivity contribution in [2.75, 3.05) is 14.2 Å². The van der Waals surface area contributed by atoms with Gasteiger partial charge in [-0.3, -0.25) is 14.4 Å². The van der Waals surface area contributed by atoms with Gasteiger partial charge in [-0.25, -0.2) is 10.4 Å². The van der Waals surface area contributed by atoms with Gasteiger partial charge in [-0.15, -0.1) is 0 Å². The number of fused-ring (bicyclic) bond motifs is 5. The molecule has 4 rings (SSSR count). The number of esters is 2. The molecular weight excluding hydrogens is 390 g/mol. The molecule has 30 heavy (non-hydrogen) atoms. The second-order valence-electron chi connectivity index (χ2n) is 7.53. The molecule has 1 saturated carbocycles. The molecule has 0 amide bonds. The van der Waals surface area contributed by atoms with Crippen molar-refractivity contribution < 1.29 is 34.3 Å². The van der Waals surface area contributed by atoms with Crippen LogP contribution in [-0.2, 0) is 29.4 Å². The number of nitrogens with one attached hydrogen (secondary N) is 1. The van der Waals surface area contributed by atoms with Gasteiger partial charge in [0.15, 0.2) is 11.3 Å². The first-order chi connectivity index (χ1) is 14.4. The Balaban J connectivity index is 2.12. The number of rotatable bonds is 4. The molecule has 156 valence electrons. The highest BCUT2D eigenvalue weighted by Gasteiger charge is 2.73. The monoisotopic (exact) mass is 411 g/mol. The van der Waals surface area contributed by atoms with E-state index < -0.39 is 52.2 Å². The van der Waals surface area contributed by atoms with E-state index in [1.54, 1.807) is 54.6 Å². The third-order valence-electron chi connectivity index (χ3n) is 6.44. The van der Waals surface area contributed by atoms with Gasteiger partial charge in [0.2, 0.25) is 0 Å². The molecular formula is C22H21NO7. The number of hydrogen-bond acceptors (Lipinski definition) is 7. The number of carbonyl (C=O) groups excluding carboxylic acids is 3. The molecule has 2 aliphatic rings. The van der Waals surface area contributed by atoms with Crippen LogP contribution in [0.15, 0.2) is 54.6 Å². The summed E-state index contributed by atoms with van der Waals surface area (Å²) in [5, 5.41) is 22.4. The largest absolute Gasteiger partial charge is 0.599 e. The van der Waals surface area contributed by atoms with Crippen LogP contribution in [0.2, 0.25) is 0 Å². The van der Waals surface area contributed by atoms with Crippen molar-refractivity contribution in [2.24, 2.45) is 11.8 Å². The summed E-state index contributed by atoms with van der Waals surface area (Å²) in [5.41, 5.74) is -0.178. The third kappa shape index (κ3) is 2.48. The first-order valence-electron chi connectivity index (χ1n) is 9.48. The molecule has 2 aromatic carbocycles. The zero-order chi connectivity index (χ0) is 21.6. The van der Waals surface area contributed by atoms with Gasteiger partial charge in [-0.1, -0.05) is 54.6 Å². The fourth-order valence-electron chi connectivity index (χ4n) is 5.39. The number of hydroxylamine groups is 2. The molecule has 0 heterocycles. The van der Waals surface area contributed by atoms with Gasteiger partial charge in [0, 0.05) is 5.56 Å². The molecule has 1 unspecified atom stereocenters. The Hall–Kier alpha value is -3.07. The van der Waals surface area contributed by atoms with E-state index in [0.717, 1.165) is 14.2 Å². The average Bonchev–Trinajstić information content (AvgIpc) is 3.00. The standard InChI is InChI=1S/C22H21NO7/c1-29-20(25)15-17-13-10-6-7-11-14(13)18(16(19(15)24)21(26)30-2)22(17,23(27)28)12-8-4-3-5-9-12/h3-11,15-18,23,27H,1-2H3/t15-,16-,17-,18-/m1/s1. The Labute approximate surface area is 172 Å². The summed E-state index contributed by atoms with van der Waals surface area (Å²) in [6.45, 7) is 0. The van der Waals surface area contributed by atoms with E-state index in [2.05, 4.69) is 0 Å². The summed E-state index contributed by atoms with van der Waals surface area (Å²) in [4.78, 5) is 39.0. The van der Waals surface area contributed by atoms with E-state index in [9.17, 15) is 24.8 Å². The van der Waals surface area contributed by atoms with Gasteiger partial charge < -0.3 is 14.7 Å². The second kappa shape index (κ2) is 7.32. The minimum absolute atomic E-state index is 0.416. The molecule has 0 radical (unpaired) electrons. The van der Waals surface area contributed by atoms with Crippen LogP contribution in [0, 0.1) is 17.0 Å². The third-order valence-corrected chi connectivity index (χ3v) is 6.44. The number of hydrogen-bond donors (Lipinski definition) is 2. The van der Waals surface area contributed by atoms with Crippen molar-refractivity contribution in [3.63, 3.8) is 0 Å². The van der Waals surface area contributed by atoms with E-state index in [0.29, 0.717) is 16.7 Å². The molecule has 8 nitrogen and oxygen atoms in total. The Kier molecular flexibility index (Phi) is 4.93. The summed E-state index contributed by atoms with van der Waals surface area (Å²) in [5.74, 6) is -7.33.